The van der Waals surface area contributed by atoms with Gasteiger partial charge >= 0.3 is 0 Å². The summed E-state index contributed by atoms with van der Waals surface area (Å²) in [5.41, 5.74) is 7.56. The predicted molar refractivity (Wildman–Crippen MR) is 84.0 cm³/mol. The number of hydrogen-bond acceptors (Lipinski definition) is 3. The SMILES string of the molecule is CCCN(CC(N)c1ccc(OC(C)C)cc1)C1CC1. The smallest absolute Gasteiger partial charge is 0.119 e. The van der Waals surface area contributed by atoms with E-state index < -0.39 is 0 Å². The summed E-state index contributed by atoms with van der Waals surface area (Å²) in [4.78, 5) is 2.54. The number of rotatable bonds is 8. The normalized spacial score (nSPS) is 16.7. The van der Waals surface area contributed by atoms with Gasteiger partial charge in [-0.3, -0.25) is 4.90 Å². The summed E-state index contributed by atoms with van der Waals surface area (Å²) in [6.45, 7) is 8.44. The maximum absolute atomic E-state index is 6.36. The Morgan fingerprint density at radius 3 is 2.40 bits per heavy atom. The van der Waals surface area contributed by atoms with Crippen LogP contribution < -0.4 is 10.5 Å². The van der Waals surface area contributed by atoms with Crippen LogP contribution in [0.2, 0.25) is 0 Å². The molecule has 1 unspecified atom stereocenters. The highest BCUT2D eigenvalue weighted by molar-refractivity contribution is 5.29. The largest absolute Gasteiger partial charge is 0.491 e. The summed E-state index contributed by atoms with van der Waals surface area (Å²) in [6, 6.07) is 9.12. The molecule has 1 fully saturated rings. The van der Waals surface area contributed by atoms with E-state index >= 15 is 0 Å². The molecule has 1 saturated carbocycles. The maximum Gasteiger partial charge on any atom is 0.119 e. The maximum atomic E-state index is 6.36. The van der Waals surface area contributed by atoms with Gasteiger partial charge in [-0.15, -0.1) is 0 Å². The van der Waals surface area contributed by atoms with Crippen LogP contribution in [0, 0.1) is 0 Å². The highest BCUT2D eigenvalue weighted by Gasteiger charge is 2.29. The molecule has 1 aliphatic carbocycles. The van der Waals surface area contributed by atoms with Gasteiger partial charge in [-0.25, -0.2) is 0 Å². The zero-order chi connectivity index (χ0) is 14.5. The Labute approximate surface area is 123 Å². The van der Waals surface area contributed by atoms with E-state index in [1.54, 1.807) is 0 Å². The molecule has 1 atom stereocenters. The Hall–Kier alpha value is -1.06. The fourth-order valence-electron chi connectivity index (χ4n) is 2.57. The van der Waals surface area contributed by atoms with Crippen LogP contribution in [-0.2, 0) is 0 Å². The average molecular weight is 276 g/mol. The van der Waals surface area contributed by atoms with E-state index in [1.807, 2.05) is 26.0 Å². The second-order valence-corrected chi connectivity index (χ2v) is 6.07. The van der Waals surface area contributed by atoms with E-state index in [9.17, 15) is 0 Å². The Morgan fingerprint density at radius 2 is 1.90 bits per heavy atom. The molecule has 2 rings (SSSR count). The lowest BCUT2D eigenvalue weighted by Gasteiger charge is -2.25. The van der Waals surface area contributed by atoms with Crippen molar-refractivity contribution in [2.75, 3.05) is 13.1 Å². The van der Waals surface area contributed by atoms with Crippen LogP contribution in [-0.4, -0.2) is 30.1 Å². The Morgan fingerprint density at radius 1 is 1.25 bits per heavy atom. The Kier molecular flexibility index (Phi) is 5.44. The highest BCUT2D eigenvalue weighted by atomic mass is 16.5. The van der Waals surface area contributed by atoms with Gasteiger partial charge in [0.25, 0.3) is 0 Å². The van der Waals surface area contributed by atoms with Gasteiger partial charge in [0.05, 0.1) is 6.10 Å². The van der Waals surface area contributed by atoms with Crippen molar-refractivity contribution >= 4 is 0 Å². The number of ether oxygens (including phenoxy) is 1. The Bertz CT molecular complexity index is 398. The minimum atomic E-state index is 0.0928. The number of nitrogens with two attached hydrogens (primary N) is 1. The van der Waals surface area contributed by atoms with Crippen LogP contribution in [0.15, 0.2) is 24.3 Å². The summed E-state index contributed by atoms with van der Waals surface area (Å²) in [5, 5.41) is 0. The van der Waals surface area contributed by atoms with Gasteiger partial charge in [-0.1, -0.05) is 19.1 Å². The van der Waals surface area contributed by atoms with Crippen LogP contribution >= 0.6 is 0 Å². The lowest BCUT2D eigenvalue weighted by atomic mass is 10.1. The summed E-state index contributed by atoms with van der Waals surface area (Å²) in [7, 11) is 0. The van der Waals surface area contributed by atoms with Gasteiger partial charge in [0, 0.05) is 18.6 Å². The third-order valence-corrected chi connectivity index (χ3v) is 3.69. The summed E-state index contributed by atoms with van der Waals surface area (Å²) in [5.74, 6) is 0.920. The molecule has 0 aromatic heterocycles. The Balaban J connectivity index is 1.92. The molecule has 0 radical (unpaired) electrons. The van der Waals surface area contributed by atoms with Crippen molar-refractivity contribution < 1.29 is 4.74 Å². The molecule has 1 aromatic rings. The third kappa shape index (κ3) is 4.50. The van der Waals surface area contributed by atoms with Crippen LogP contribution in [0.4, 0.5) is 0 Å². The zero-order valence-electron chi connectivity index (χ0n) is 13.0. The van der Waals surface area contributed by atoms with E-state index in [0.717, 1.165) is 24.9 Å². The van der Waals surface area contributed by atoms with E-state index in [4.69, 9.17) is 10.5 Å². The van der Waals surface area contributed by atoms with E-state index in [-0.39, 0.29) is 12.1 Å². The molecular formula is C17H28N2O. The molecule has 3 nitrogen and oxygen atoms in total. The van der Waals surface area contributed by atoms with Crippen molar-refractivity contribution in [2.24, 2.45) is 5.73 Å². The van der Waals surface area contributed by atoms with Gasteiger partial charge in [0.2, 0.25) is 0 Å². The molecule has 0 saturated heterocycles. The van der Waals surface area contributed by atoms with E-state index in [2.05, 4.69) is 24.0 Å². The molecule has 0 bridgehead atoms. The molecule has 0 heterocycles. The fourth-order valence-corrected chi connectivity index (χ4v) is 2.57. The molecule has 2 N–H and O–H groups in total. The number of hydrogen-bond donors (Lipinski definition) is 1. The van der Waals surface area contributed by atoms with Gasteiger partial charge in [0.15, 0.2) is 0 Å². The summed E-state index contributed by atoms with van der Waals surface area (Å²) >= 11 is 0. The topological polar surface area (TPSA) is 38.5 Å². The fraction of sp³-hybridized carbons (Fsp3) is 0.647. The van der Waals surface area contributed by atoms with Crippen LogP contribution in [0.25, 0.3) is 0 Å². The lowest BCUT2D eigenvalue weighted by molar-refractivity contribution is 0.241. The molecule has 112 valence electrons. The van der Waals surface area contributed by atoms with Crippen molar-refractivity contribution in [3.8, 4) is 5.75 Å². The second kappa shape index (κ2) is 7.09. The molecule has 20 heavy (non-hydrogen) atoms. The zero-order valence-corrected chi connectivity index (χ0v) is 13.0. The van der Waals surface area contributed by atoms with E-state index in [0.29, 0.717) is 0 Å². The molecular weight excluding hydrogens is 248 g/mol. The van der Waals surface area contributed by atoms with Gasteiger partial charge in [-0.2, -0.15) is 0 Å². The monoisotopic (exact) mass is 276 g/mol. The van der Waals surface area contributed by atoms with Crippen LogP contribution in [0.3, 0.4) is 0 Å². The minimum absolute atomic E-state index is 0.0928. The minimum Gasteiger partial charge on any atom is -0.491 e. The first-order valence-electron chi connectivity index (χ1n) is 7.86. The first-order valence-corrected chi connectivity index (χ1v) is 7.86. The van der Waals surface area contributed by atoms with Gasteiger partial charge in [-0.05, 0) is 57.4 Å². The van der Waals surface area contributed by atoms with Crippen LogP contribution in [0.5, 0.6) is 5.75 Å². The van der Waals surface area contributed by atoms with Crippen molar-refractivity contribution in [2.45, 2.75) is 58.2 Å². The van der Waals surface area contributed by atoms with Crippen molar-refractivity contribution in [3.63, 3.8) is 0 Å². The van der Waals surface area contributed by atoms with Gasteiger partial charge in [0.1, 0.15) is 5.75 Å². The average Bonchev–Trinajstić information content (AvgIpc) is 3.22. The molecule has 1 aromatic carbocycles. The summed E-state index contributed by atoms with van der Waals surface area (Å²) in [6.07, 6.45) is 4.09. The lowest BCUT2D eigenvalue weighted by Crippen LogP contribution is -2.34. The number of nitrogens with zero attached hydrogens (tertiary/aromatic N) is 1. The van der Waals surface area contributed by atoms with Crippen molar-refractivity contribution in [3.05, 3.63) is 29.8 Å². The summed E-state index contributed by atoms with van der Waals surface area (Å²) < 4.78 is 5.67. The predicted octanol–water partition coefficient (Wildman–Crippen LogP) is 3.35. The molecule has 0 aliphatic heterocycles. The first-order chi connectivity index (χ1) is 9.60. The van der Waals surface area contributed by atoms with Crippen molar-refractivity contribution in [1.29, 1.82) is 0 Å². The van der Waals surface area contributed by atoms with Crippen molar-refractivity contribution in [1.82, 2.24) is 4.90 Å². The third-order valence-electron chi connectivity index (χ3n) is 3.69. The van der Waals surface area contributed by atoms with E-state index in [1.165, 1.54) is 24.8 Å². The highest BCUT2D eigenvalue weighted by Crippen LogP contribution is 2.28. The second-order valence-electron chi connectivity index (χ2n) is 6.07. The molecule has 3 heteroatoms. The standard InChI is InChI=1S/C17H28N2O/c1-4-11-19(15-7-8-15)12-17(18)14-5-9-16(10-6-14)20-13(2)3/h5-6,9-10,13,15,17H,4,7-8,11-12,18H2,1-3H3. The first kappa shape index (κ1) is 15.3. The quantitative estimate of drug-likeness (QED) is 0.791. The number of benzene rings is 1. The molecule has 1 aliphatic rings. The van der Waals surface area contributed by atoms with Crippen LogP contribution in [0.1, 0.15) is 51.6 Å². The molecule has 0 amide bonds. The van der Waals surface area contributed by atoms with Gasteiger partial charge < -0.3 is 10.5 Å². The molecule has 0 spiro atoms.